The second-order valence-electron chi connectivity index (χ2n) is 7.13. The fourth-order valence-electron chi connectivity index (χ4n) is 3.51. The van der Waals surface area contributed by atoms with E-state index in [4.69, 9.17) is 18.7 Å². The summed E-state index contributed by atoms with van der Waals surface area (Å²) < 4.78 is 0. The molecule has 1 heterocycles. The summed E-state index contributed by atoms with van der Waals surface area (Å²) in [6.45, 7) is 11.0. The van der Waals surface area contributed by atoms with E-state index in [-0.39, 0.29) is 0 Å². The molecule has 0 unspecified atom stereocenters. The number of nitrogens with one attached hydrogen (secondary N) is 1. The van der Waals surface area contributed by atoms with Gasteiger partial charge in [-0.15, -0.1) is 0 Å². The van der Waals surface area contributed by atoms with Crippen LogP contribution in [0.15, 0.2) is 70.0 Å². The minimum Gasteiger partial charge on any atom is -0.437 e. The maximum Gasteiger partial charge on any atom is 0.222 e. The fraction of sp³-hybridized carbons (Fsp3) is 0.292. The van der Waals surface area contributed by atoms with Crippen molar-refractivity contribution >= 4 is 19.8 Å². The molecule has 0 aliphatic carbocycles. The topological polar surface area (TPSA) is 50.4 Å². The molecule has 0 bridgehead atoms. The zero-order valence-electron chi connectivity index (χ0n) is 17.6. The molecule has 3 N–H and O–H groups in total. The van der Waals surface area contributed by atoms with Crippen LogP contribution in [0, 0.1) is 20.8 Å². The molecule has 1 aliphatic heterocycles. The summed E-state index contributed by atoms with van der Waals surface area (Å²) in [6, 6.07) is 4.42. The average Bonchev–Trinajstić information content (AvgIpc) is 3.00. The van der Waals surface area contributed by atoms with Gasteiger partial charge >= 0.3 is 0 Å². The van der Waals surface area contributed by atoms with Crippen LogP contribution < -0.4 is 11.0 Å². The Morgan fingerprint density at radius 3 is 2.39 bits per heavy atom. The number of hydrogen-bond donors (Lipinski definition) is 2. The standard InChI is InChI=1S/C24H30BN3/c1-6-7-8-23(28-25)22(11-12-26)24-19(5)15-20(27-24)9-10-21-17(3)13-16(2)14-18(21)4/h6-10,13-15,28H,11-12,26H2,1-5H3/b7-6-,10-9+,23-8-,24-22-. The Kier molecular flexibility index (Phi) is 7.83. The summed E-state index contributed by atoms with van der Waals surface area (Å²) in [5.74, 6) is 0. The Bertz CT molecular complexity index is 889. The summed E-state index contributed by atoms with van der Waals surface area (Å²) in [4.78, 5) is 4.86. The van der Waals surface area contributed by atoms with Gasteiger partial charge in [-0.2, -0.15) is 0 Å². The van der Waals surface area contributed by atoms with Crippen molar-refractivity contribution in [3.63, 3.8) is 0 Å². The molecule has 0 fully saturated rings. The SMILES string of the molecule is [B]NC(=C\C=C/C)/C(CCN)=C1N=C(/C=C/c2c(C)cc(C)cc2C)C=C\1C. The maximum atomic E-state index is 5.85. The predicted octanol–water partition coefficient (Wildman–Crippen LogP) is 4.76. The Hall–Kier alpha value is -2.59. The van der Waals surface area contributed by atoms with Gasteiger partial charge in [0.25, 0.3) is 0 Å². The highest BCUT2D eigenvalue weighted by Crippen LogP contribution is 2.28. The largest absolute Gasteiger partial charge is 0.437 e. The van der Waals surface area contributed by atoms with Crippen molar-refractivity contribution in [3.05, 3.63) is 87.3 Å². The van der Waals surface area contributed by atoms with Gasteiger partial charge in [-0.05, 0) is 88.1 Å². The van der Waals surface area contributed by atoms with Crippen LogP contribution in [0.4, 0.5) is 0 Å². The molecule has 0 atom stereocenters. The van der Waals surface area contributed by atoms with Crippen molar-refractivity contribution in [2.45, 2.75) is 41.0 Å². The van der Waals surface area contributed by atoms with Gasteiger partial charge in [0.15, 0.2) is 0 Å². The van der Waals surface area contributed by atoms with Gasteiger partial charge in [0.05, 0.1) is 11.4 Å². The normalized spacial score (nSPS) is 16.7. The molecular formula is C24H30BN3. The van der Waals surface area contributed by atoms with E-state index < -0.39 is 0 Å². The zero-order valence-corrected chi connectivity index (χ0v) is 17.6. The monoisotopic (exact) mass is 371 g/mol. The van der Waals surface area contributed by atoms with Gasteiger partial charge in [-0.1, -0.05) is 35.9 Å². The quantitative estimate of drug-likeness (QED) is 0.536. The minimum atomic E-state index is 0.531. The van der Waals surface area contributed by atoms with Crippen LogP contribution in [0.25, 0.3) is 6.08 Å². The van der Waals surface area contributed by atoms with Crippen LogP contribution >= 0.6 is 0 Å². The van der Waals surface area contributed by atoms with Crippen molar-refractivity contribution in [3.8, 4) is 0 Å². The molecule has 144 valence electrons. The molecule has 4 heteroatoms. The van der Waals surface area contributed by atoms with E-state index in [1.165, 1.54) is 22.3 Å². The van der Waals surface area contributed by atoms with E-state index >= 15 is 0 Å². The van der Waals surface area contributed by atoms with Gasteiger partial charge in [-0.3, -0.25) is 0 Å². The number of nitrogens with zero attached hydrogens (tertiary/aromatic N) is 1. The third-order valence-corrected chi connectivity index (χ3v) is 4.75. The highest BCUT2D eigenvalue weighted by atomic mass is 14.8. The van der Waals surface area contributed by atoms with Crippen molar-refractivity contribution in [2.75, 3.05) is 6.54 Å². The number of rotatable bonds is 7. The first-order chi connectivity index (χ1) is 13.4. The van der Waals surface area contributed by atoms with Crippen molar-refractivity contribution < 1.29 is 0 Å². The number of allylic oxidation sites excluding steroid dienone is 7. The smallest absolute Gasteiger partial charge is 0.222 e. The van der Waals surface area contributed by atoms with Gasteiger partial charge in [0, 0.05) is 11.3 Å². The lowest BCUT2D eigenvalue weighted by Gasteiger charge is -2.14. The van der Waals surface area contributed by atoms with E-state index in [1.54, 1.807) is 0 Å². The summed E-state index contributed by atoms with van der Waals surface area (Å²) >= 11 is 0. The Balaban J connectivity index is 2.44. The first kappa shape index (κ1) is 21.7. The first-order valence-electron chi connectivity index (χ1n) is 9.67. The molecule has 1 aromatic carbocycles. The summed E-state index contributed by atoms with van der Waals surface area (Å²) in [6.07, 6.45) is 12.9. The summed E-state index contributed by atoms with van der Waals surface area (Å²) in [5, 5.41) is 2.79. The second kappa shape index (κ2) is 10.1. The lowest BCUT2D eigenvalue weighted by molar-refractivity contribution is 0.921. The number of aryl methyl sites for hydroxylation is 3. The molecular weight excluding hydrogens is 341 g/mol. The van der Waals surface area contributed by atoms with Crippen molar-refractivity contribution in [1.82, 2.24) is 5.23 Å². The fourth-order valence-corrected chi connectivity index (χ4v) is 3.51. The number of hydrogen-bond acceptors (Lipinski definition) is 3. The van der Waals surface area contributed by atoms with Crippen molar-refractivity contribution in [1.29, 1.82) is 0 Å². The summed E-state index contributed by atoms with van der Waals surface area (Å²) in [7, 11) is 5.76. The van der Waals surface area contributed by atoms with Crippen LogP contribution in [0.1, 0.15) is 42.5 Å². The van der Waals surface area contributed by atoms with Gasteiger partial charge < -0.3 is 11.0 Å². The third kappa shape index (κ3) is 5.23. The highest BCUT2D eigenvalue weighted by Gasteiger charge is 2.16. The molecule has 2 radical (unpaired) electrons. The van der Waals surface area contributed by atoms with Crippen molar-refractivity contribution in [2.24, 2.45) is 10.7 Å². The molecule has 1 aromatic rings. The second-order valence-corrected chi connectivity index (χ2v) is 7.13. The zero-order chi connectivity index (χ0) is 20.7. The highest BCUT2D eigenvalue weighted by molar-refractivity contribution is 6.10. The molecule has 0 amide bonds. The lowest BCUT2D eigenvalue weighted by atomic mass is 9.99. The predicted molar refractivity (Wildman–Crippen MR) is 123 cm³/mol. The van der Waals surface area contributed by atoms with Crippen LogP contribution in [0.2, 0.25) is 0 Å². The molecule has 3 nitrogen and oxygen atoms in total. The van der Waals surface area contributed by atoms with Crippen LogP contribution in [-0.4, -0.2) is 20.2 Å². The van der Waals surface area contributed by atoms with E-state index in [9.17, 15) is 0 Å². The Morgan fingerprint density at radius 2 is 1.82 bits per heavy atom. The van der Waals surface area contributed by atoms with Crippen LogP contribution in [0.5, 0.6) is 0 Å². The molecule has 28 heavy (non-hydrogen) atoms. The Morgan fingerprint density at radius 1 is 1.14 bits per heavy atom. The van der Waals surface area contributed by atoms with Crippen LogP contribution in [-0.2, 0) is 0 Å². The van der Waals surface area contributed by atoms with E-state index in [2.05, 4.69) is 63.3 Å². The van der Waals surface area contributed by atoms with E-state index in [1.807, 2.05) is 25.2 Å². The number of benzene rings is 1. The molecule has 2 rings (SSSR count). The Labute approximate surface area is 171 Å². The molecule has 0 aromatic heterocycles. The third-order valence-electron chi connectivity index (χ3n) is 4.75. The molecule has 1 aliphatic rings. The van der Waals surface area contributed by atoms with E-state index in [0.717, 1.165) is 28.3 Å². The first-order valence-corrected chi connectivity index (χ1v) is 9.67. The average molecular weight is 371 g/mol. The van der Waals surface area contributed by atoms with Gasteiger partial charge in [0.1, 0.15) is 0 Å². The minimum absolute atomic E-state index is 0.531. The number of aliphatic imine (C=N–C) groups is 1. The lowest BCUT2D eigenvalue weighted by Crippen LogP contribution is -2.14. The molecule has 0 saturated carbocycles. The maximum absolute atomic E-state index is 5.85. The van der Waals surface area contributed by atoms with Crippen LogP contribution in [0.3, 0.4) is 0 Å². The summed E-state index contributed by atoms with van der Waals surface area (Å²) in [5.41, 5.74) is 15.8. The van der Waals surface area contributed by atoms with Gasteiger partial charge in [0.2, 0.25) is 7.98 Å². The molecule has 0 spiro atoms. The molecule has 0 saturated heterocycles. The number of nitrogens with two attached hydrogens (primary N) is 1. The van der Waals surface area contributed by atoms with Gasteiger partial charge in [-0.25, -0.2) is 4.99 Å². The van der Waals surface area contributed by atoms with E-state index in [0.29, 0.717) is 13.0 Å².